The molecule has 3 unspecified atom stereocenters. The maximum absolute atomic E-state index is 12.6. The van der Waals surface area contributed by atoms with Gasteiger partial charge in [-0.15, -0.1) is 5.10 Å². The molecular weight excluding hydrogens is 301 g/mol. The molecule has 0 spiro atoms. The highest BCUT2D eigenvalue weighted by molar-refractivity contribution is 7.15. The SMILES string of the molecule is COCC1C(O)[N+]([O-])(c2nnc(C(F)(F)F)s2)CN1C. The van der Waals surface area contributed by atoms with Crippen LogP contribution in [0.15, 0.2) is 0 Å². The fourth-order valence-corrected chi connectivity index (χ4v) is 2.84. The fraction of sp³-hybridized carbons (Fsp3) is 0.778. The van der Waals surface area contributed by atoms with Crippen molar-refractivity contribution in [3.8, 4) is 0 Å². The molecule has 3 atom stereocenters. The second-order valence-corrected chi connectivity index (χ2v) is 5.47. The Labute approximate surface area is 116 Å². The number of methoxy groups -OCH3 is 1. The summed E-state index contributed by atoms with van der Waals surface area (Å²) in [5.74, 6) is 0. The summed E-state index contributed by atoms with van der Waals surface area (Å²) in [4.78, 5) is 1.52. The summed E-state index contributed by atoms with van der Waals surface area (Å²) in [5.41, 5.74) is 0. The van der Waals surface area contributed by atoms with Gasteiger partial charge in [-0.2, -0.15) is 13.2 Å². The van der Waals surface area contributed by atoms with Crippen molar-refractivity contribution in [2.45, 2.75) is 18.4 Å². The third kappa shape index (κ3) is 2.52. The number of halogens is 3. The van der Waals surface area contributed by atoms with Gasteiger partial charge in [0, 0.05) is 7.11 Å². The van der Waals surface area contributed by atoms with E-state index in [1.54, 1.807) is 7.05 Å². The first-order valence-corrected chi connectivity index (χ1v) is 6.39. The Balaban J connectivity index is 2.29. The Kier molecular flexibility index (Phi) is 4.01. The molecule has 11 heteroatoms. The molecule has 1 aromatic rings. The molecule has 2 rings (SSSR count). The zero-order chi connectivity index (χ0) is 15.1. The van der Waals surface area contributed by atoms with Gasteiger partial charge in [0.15, 0.2) is 0 Å². The number of hydroxylamine groups is 2. The van der Waals surface area contributed by atoms with Gasteiger partial charge in [0.05, 0.1) is 6.61 Å². The molecule has 2 heterocycles. The molecular formula is C9H13F3N4O3S. The Bertz CT molecular complexity index is 485. The molecule has 7 nitrogen and oxygen atoms in total. The van der Waals surface area contributed by atoms with Crippen LogP contribution in [0.2, 0.25) is 0 Å². The first kappa shape index (κ1) is 15.5. The van der Waals surface area contributed by atoms with Crippen LogP contribution in [0.4, 0.5) is 18.3 Å². The summed E-state index contributed by atoms with van der Waals surface area (Å²) in [7, 11) is 2.99. The maximum Gasteiger partial charge on any atom is 0.445 e. The van der Waals surface area contributed by atoms with E-state index < -0.39 is 33.2 Å². The van der Waals surface area contributed by atoms with Crippen molar-refractivity contribution in [1.29, 1.82) is 0 Å². The molecule has 1 fully saturated rings. The molecule has 1 aliphatic rings. The predicted molar refractivity (Wildman–Crippen MR) is 64.4 cm³/mol. The van der Waals surface area contributed by atoms with Crippen molar-refractivity contribution in [2.75, 3.05) is 27.4 Å². The largest absolute Gasteiger partial charge is 0.623 e. The number of alkyl halides is 3. The van der Waals surface area contributed by atoms with Crippen molar-refractivity contribution >= 4 is 16.5 Å². The number of aliphatic hydroxyl groups is 1. The van der Waals surface area contributed by atoms with E-state index in [2.05, 4.69) is 10.2 Å². The second kappa shape index (κ2) is 5.16. The predicted octanol–water partition coefficient (Wildman–Crippen LogP) is 0.598. The monoisotopic (exact) mass is 314 g/mol. The van der Waals surface area contributed by atoms with Gasteiger partial charge >= 0.3 is 11.3 Å². The minimum atomic E-state index is -4.66. The van der Waals surface area contributed by atoms with Gasteiger partial charge in [0.2, 0.25) is 11.2 Å². The van der Waals surface area contributed by atoms with Crippen molar-refractivity contribution in [1.82, 2.24) is 19.7 Å². The number of hydrogen-bond acceptors (Lipinski definition) is 7. The Hall–Kier alpha value is -0.850. The summed E-state index contributed by atoms with van der Waals surface area (Å²) in [5, 5.41) is 27.3. The number of likely N-dealkylation sites (N-methyl/N-ethyl adjacent to an activating group) is 1. The molecule has 1 aromatic heterocycles. The smallest absolute Gasteiger partial charge is 0.445 e. The van der Waals surface area contributed by atoms with Gasteiger partial charge in [-0.05, 0) is 18.4 Å². The Morgan fingerprint density at radius 3 is 2.70 bits per heavy atom. The van der Waals surface area contributed by atoms with Crippen LogP contribution in [0.25, 0.3) is 0 Å². The zero-order valence-corrected chi connectivity index (χ0v) is 11.5. The molecule has 1 aliphatic heterocycles. The van der Waals surface area contributed by atoms with Gasteiger partial charge in [-0.25, -0.2) is 4.90 Å². The van der Waals surface area contributed by atoms with Crippen LogP contribution in [0.1, 0.15) is 5.01 Å². The molecule has 0 amide bonds. The first-order chi connectivity index (χ1) is 9.20. The molecule has 114 valence electrons. The maximum atomic E-state index is 12.6. The molecule has 1 saturated heterocycles. The summed E-state index contributed by atoms with van der Waals surface area (Å²) in [6.07, 6.45) is -6.13. The Morgan fingerprint density at radius 1 is 1.55 bits per heavy atom. The highest BCUT2D eigenvalue weighted by Gasteiger charge is 2.50. The second-order valence-electron chi connectivity index (χ2n) is 4.52. The van der Waals surface area contributed by atoms with E-state index in [-0.39, 0.29) is 24.6 Å². The normalized spacial score (nSPS) is 31.9. The third-order valence-electron chi connectivity index (χ3n) is 3.09. The molecule has 0 aromatic carbocycles. The topological polar surface area (TPSA) is 81.5 Å². The lowest BCUT2D eigenvalue weighted by Crippen LogP contribution is -2.51. The Morgan fingerprint density at radius 2 is 2.20 bits per heavy atom. The number of aromatic nitrogens is 2. The van der Waals surface area contributed by atoms with Gasteiger partial charge in [-0.1, -0.05) is 5.10 Å². The van der Waals surface area contributed by atoms with E-state index in [0.29, 0.717) is 0 Å². The van der Waals surface area contributed by atoms with Crippen LogP contribution < -0.4 is 4.65 Å². The van der Waals surface area contributed by atoms with Gasteiger partial charge in [-0.3, -0.25) is 4.65 Å². The van der Waals surface area contributed by atoms with Crippen LogP contribution in [-0.4, -0.2) is 59.9 Å². The quantitative estimate of drug-likeness (QED) is 0.650. The fourth-order valence-electron chi connectivity index (χ4n) is 2.07. The lowest BCUT2D eigenvalue weighted by atomic mass is 10.3. The van der Waals surface area contributed by atoms with E-state index in [0.717, 1.165) is 0 Å². The van der Waals surface area contributed by atoms with E-state index in [4.69, 9.17) is 4.74 Å². The van der Waals surface area contributed by atoms with E-state index >= 15 is 0 Å². The first-order valence-electron chi connectivity index (χ1n) is 5.57. The van der Waals surface area contributed by atoms with E-state index in [1.165, 1.54) is 12.0 Å². The van der Waals surface area contributed by atoms with Gasteiger partial charge < -0.3 is 15.1 Å². The van der Waals surface area contributed by atoms with Crippen LogP contribution in [0.3, 0.4) is 0 Å². The number of hydrogen-bond donors (Lipinski definition) is 1. The summed E-state index contributed by atoms with van der Waals surface area (Å²) >= 11 is 0.147. The minimum Gasteiger partial charge on any atom is -0.623 e. The highest BCUT2D eigenvalue weighted by atomic mass is 32.1. The van der Waals surface area contributed by atoms with Gasteiger partial charge in [0.1, 0.15) is 12.7 Å². The zero-order valence-electron chi connectivity index (χ0n) is 10.7. The molecule has 0 radical (unpaired) electrons. The lowest BCUT2D eigenvalue weighted by Gasteiger charge is -2.37. The van der Waals surface area contributed by atoms with Crippen LogP contribution in [0.5, 0.6) is 0 Å². The van der Waals surface area contributed by atoms with Crippen LogP contribution in [-0.2, 0) is 10.9 Å². The third-order valence-corrected chi connectivity index (χ3v) is 4.17. The van der Waals surface area contributed by atoms with E-state index in [9.17, 15) is 23.5 Å². The number of quaternary nitrogens is 1. The van der Waals surface area contributed by atoms with Crippen LogP contribution in [0, 0.1) is 5.21 Å². The minimum absolute atomic E-state index is 0.0881. The van der Waals surface area contributed by atoms with Crippen LogP contribution >= 0.6 is 11.3 Å². The van der Waals surface area contributed by atoms with Crippen molar-refractivity contribution in [3.05, 3.63) is 10.2 Å². The number of nitrogens with zero attached hydrogens (tertiary/aromatic N) is 4. The molecule has 0 saturated carbocycles. The standard InChI is InChI=1S/C9H13F3N4O3S/c1-15-4-16(18,6(17)5(15)3-19-2)8-14-13-7(20-8)9(10,11)12/h5-6,17H,3-4H2,1-2H3. The molecule has 1 N–H and O–H groups in total. The van der Waals surface area contributed by atoms with E-state index in [1.807, 2.05) is 0 Å². The van der Waals surface area contributed by atoms with Gasteiger partial charge in [0.25, 0.3) is 0 Å². The lowest BCUT2D eigenvalue weighted by molar-refractivity contribution is -0.138. The number of aliphatic hydroxyl groups excluding tert-OH is 1. The van der Waals surface area contributed by atoms with Crippen molar-refractivity contribution in [3.63, 3.8) is 0 Å². The highest BCUT2D eigenvalue weighted by Crippen LogP contribution is 2.39. The number of ether oxygens (including phenoxy) is 1. The molecule has 0 aliphatic carbocycles. The van der Waals surface area contributed by atoms with Crippen molar-refractivity contribution < 1.29 is 23.0 Å². The summed E-state index contributed by atoms with van der Waals surface area (Å²) < 4.78 is 41.0. The number of rotatable bonds is 3. The average Bonchev–Trinajstić information content (AvgIpc) is 2.90. The average molecular weight is 314 g/mol. The summed E-state index contributed by atoms with van der Waals surface area (Å²) in [6.45, 7) is -0.132. The molecule has 20 heavy (non-hydrogen) atoms. The molecule has 0 bridgehead atoms. The van der Waals surface area contributed by atoms with Crippen molar-refractivity contribution in [2.24, 2.45) is 0 Å². The summed E-state index contributed by atoms with van der Waals surface area (Å²) in [6, 6.07) is -0.615.